The molecule has 4 rings (SSSR count). The van der Waals surface area contributed by atoms with Crippen molar-refractivity contribution in [1.29, 1.82) is 0 Å². The molecule has 3 atom stereocenters. The van der Waals surface area contributed by atoms with Gasteiger partial charge in [-0.25, -0.2) is 4.98 Å². The molecule has 11 heteroatoms. The molecule has 0 fully saturated rings. The van der Waals surface area contributed by atoms with Gasteiger partial charge in [0.15, 0.2) is 16.6 Å². The van der Waals surface area contributed by atoms with Crippen LogP contribution in [0.2, 0.25) is 0 Å². The van der Waals surface area contributed by atoms with E-state index in [2.05, 4.69) is 20.9 Å². The summed E-state index contributed by atoms with van der Waals surface area (Å²) in [6, 6.07) is 5.85. The number of methoxy groups -OCH3 is 3. The molecule has 0 bridgehead atoms. The summed E-state index contributed by atoms with van der Waals surface area (Å²) in [6.07, 6.45) is 3.48. The van der Waals surface area contributed by atoms with Crippen LogP contribution in [-0.4, -0.2) is 44.2 Å². The molecule has 218 valence electrons. The molecular formula is C30H36N4O6S. The van der Waals surface area contributed by atoms with Crippen LogP contribution in [0.25, 0.3) is 11.1 Å². The van der Waals surface area contributed by atoms with Crippen molar-refractivity contribution in [3.8, 4) is 28.4 Å². The van der Waals surface area contributed by atoms with Crippen LogP contribution in [0.5, 0.6) is 17.2 Å². The average Bonchev–Trinajstić information content (AvgIpc) is 3.36. The van der Waals surface area contributed by atoms with E-state index in [1.807, 2.05) is 26.0 Å². The summed E-state index contributed by atoms with van der Waals surface area (Å²) in [4.78, 5) is 43.3. The first-order valence-corrected chi connectivity index (χ1v) is 14.3. The minimum Gasteiger partial charge on any atom is -0.493 e. The number of hydrogen-bond donors (Lipinski definition) is 3. The number of nitrogens with one attached hydrogen (secondary N) is 3. The summed E-state index contributed by atoms with van der Waals surface area (Å²) in [5.74, 6) is 0.865. The van der Waals surface area contributed by atoms with Crippen molar-refractivity contribution in [3.05, 3.63) is 57.2 Å². The molecule has 1 aliphatic rings. The predicted molar refractivity (Wildman–Crippen MR) is 160 cm³/mol. The van der Waals surface area contributed by atoms with Crippen LogP contribution < -0.4 is 35.6 Å². The maximum absolute atomic E-state index is 13.7. The Morgan fingerprint density at radius 3 is 2.49 bits per heavy atom. The monoisotopic (exact) mass is 580 g/mol. The highest BCUT2D eigenvalue weighted by Gasteiger charge is 2.30. The molecule has 0 saturated heterocycles. The number of ether oxygens (including phenoxy) is 3. The molecule has 0 spiro atoms. The average molecular weight is 581 g/mol. The number of nitrogens with zero attached hydrogens (tertiary/aromatic N) is 1. The van der Waals surface area contributed by atoms with Crippen LogP contribution in [0, 0.1) is 5.92 Å². The lowest BCUT2D eigenvalue weighted by Gasteiger charge is -2.23. The Kier molecular flexibility index (Phi) is 9.49. The maximum Gasteiger partial charge on any atom is 0.248 e. The third-order valence-corrected chi connectivity index (χ3v) is 8.07. The number of hydrogen-bond acceptors (Lipinski definition) is 9. The molecule has 0 saturated carbocycles. The molecule has 41 heavy (non-hydrogen) atoms. The van der Waals surface area contributed by atoms with E-state index in [9.17, 15) is 14.4 Å². The van der Waals surface area contributed by atoms with Gasteiger partial charge in [-0.05, 0) is 53.6 Å². The van der Waals surface area contributed by atoms with Crippen LogP contribution in [0.4, 0.5) is 10.8 Å². The molecule has 3 aromatic rings. The van der Waals surface area contributed by atoms with Gasteiger partial charge in [-0.1, -0.05) is 26.3 Å². The van der Waals surface area contributed by atoms with E-state index in [0.29, 0.717) is 52.8 Å². The van der Waals surface area contributed by atoms with E-state index in [1.165, 1.54) is 24.3 Å². The van der Waals surface area contributed by atoms with E-state index >= 15 is 0 Å². The Balaban J connectivity index is 1.88. The standard InChI is InChI=1S/C30H36N4O6S/c1-7-16(2)26(29(37)34-30-31-12-13-41-30)33-22-11-9-19-20(15-23(22)36)21(32-17(3)35)10-8-18-14-24(38-4)27(39-5)28(40-6)25(18)19/h9,11-16,21,26H,7-8,10H2,1-6H3,(H,32,35)(H,33,36)(H,31,34,37)/t16-,21-,26+/m0/s1. The highest BCUT2D eigenvalue weighted by Crippen LogP contribution is 2.50. The summed E-state index contributed by atoms with van der Waals surface area (Å²) in [7, 11) is 4.66. The van der Waals surface area contributed by atoms with Crippen molar-refractivity contribution >= 4 is 34.0 Å². The summed E-state index contributed by atoms with van der Waals surface area (Å²) >= 11 is 1.32. The highest BCUT2D eigenvalue weighted by atomic mass is 32.1. The van der Waals surface area contributed by atoms with Gasteiger partial charge in [-0.15, -0.1) is 11.3 Å². The minimum absolute atomic E-state index is 0.0811. The summed E-state index contributed by atoms with van der Waals surface area (Å²) in [6.45, 7) is 5.40. The quantitative estimate of drug-likeness (QED) is 0.313. The molecule has 0 radical (unpaired) electrons. The maximum atomic E-state index is 13.7. The normalized spacial score (nSPS) is 15.3. The van der Waals surface area contributed by atoms with Gasteiger partial charge >= 0.3 is 0 Å². The molecule has 2 aromatic carbocycles. The summed E-state index contributed by atoms with van der Waals surface area (Å²) in [5, 5.41) is 11.3. The second-order valence-corrected chi connectivity index (χ2v) is 10.8. The van der Waals surface area contributed by atoms with Crippen LogP contribution in [0.1, 0.15) is 50.8 Å². The fraction of sp³-hybridized carbons (Fsp3) is 0.400. The molecule has 2 amide bonds. The number of aromatic nitrogens is 1. The van der Waals surface area contributed by atoms with E-state index in [4.69, 9.17) is 14.2 Å². The zero-order valence-electron chi connectivity index (χ0n) is 24.1. The molecule has 1 aliphatic carbocycles. The summed E-state index contributed by atoms with van der Waals surface area (Å²) < 4.78 is 17.1. The lowest BCUT2D eigenvalue weighted by Crippen LogP contribution is -2.40. The minimum atomic E-state index is -0.684. The number of thiazole rings is 1. The second-order valence-electron chi connectivity index (χ2n) is 9.93. The summed E-state index contributed by atoms with van der Waals surface area (Å²) in [5.41, 5.74) is 3.01. The topological polar surface area (TPSA) is 128 Å². The van der Waals surface area contributed by atoms with Crippen molar-refractivity contribution in [2.45, 2.75) is 52.1 Å². The van der Waals surface area contributed by atoms with E-state index < -0.39 is 12.1 Å². The van der Waals surface area contributed by atoms with Crippen LogP contribution in [0.15, 0.2) is 40.6 Å². The number of carbonyl (C=O) groups excluding carboxylic acids is 2. The number of amides is 2. The van der Waals surface area contributed by atoms with E-state index in [1.54, 1.807) is 39.0 Å². The first kappa shape index (κ1) is 29.9. The van der Waals surface area contributed by atoms with Gasteiger partial charge in [0.2, 0.25) is 23.0 Å². The van der Waals surface area contributed by atoms with Crippen LogP contribution in [-0.2, 0) is 16.0 Å². The number of rotatable bonds is 10. The lowest BCUT2D eigenvalue weighted by molar-refractivity contribution is -0.120. The number of carbonyl (C=O) groups is 2. The van der Waals surface area contributed by atoms with Gasteiger partial charge < -0.3 is 30.2 Å². The predicted octanol–water partition coefficient (Wildman–Crippen LogP) is 4.78. The largest absolute Gasteiger partial charge is 0.493 e. The fourth-order valence-electron chi connectivity index (χ4n) is 5.16. The smallest absolute Gasteiger partial charge is 0.248 e. The number of fused-ring (bicyclic) bond motifs is 3. The first-order chi connectivity index (χ1) is 19.7. The molecule has 1 heterocycles. The number of aryl methyl sites for hydroxylation is 1. The third-order valence-electron chi connectivity index (χ3n) is 7.38. The molecule has 3 N–H and O–H groups in total. The second kappa shape index (κ2) is 13.0. The molecule has 1 aromatic heterocycles. The van der Waals surface area contributed by atoms with Crippen LogP contribution in [0.3, 0.4) is 0 Å². The number of benzene rings is 1. The van der Waals surface area contributed by atoms with E-state index in [-0.39, 0.29) is 28.8 Å². The van der Waals surface area contributed by atoms with Crippen molar-refractivity contribution in [2.24, 2.45) is 5.92 Å². The fourth-order valence-corrected chi connectivity index (χ4v) is 5.70. The Bertz CT molecular complexity index is 1480. The van der Waals surface area contributed by atoms with Crippen LogP contribution >= 0.6 is 11.3 Å². The highest BCUT2D eigenvalue weighted by molar-refractivity contribution is 7.13. The molecule has 10 nitrogen and oxygen atoms in total. The van der Waals surface area contributed by atoms with E-state index in [0.717, 1.165) is 11.1 Å². The SMILES string of the molecule is CC[C@H](C)[C@@H](Nc1ccc2c(cc1=O)[C@@H](NC(C)=O)CCc1cc(OC)c(OC)c(OC)c1-2)C(=O)Nc1nccs1. The van der Waals surface area contributed by atoms with Gasteiger partial charge in [0.25, 0.3) is 0 Å². The number of anilines is 2. The van der Waals surface area contributed by atoms with Gasteiger partial charge in [-0.2, -0.15) is 0 Å². The Morgan fingerprint density at radius 1 is 1.12 bits per heavy atom. The first-order valence-electron chi connectivity index (χ1n) is 13.5. The van der Waals surface area contributed by atoms with Crippen molar-refractivity contribution in [3.63, 3.8) is 0 Å². The Labute approximate surface area is 243 Å². The molecule has 0 aliphatic heterocycles. The molecule has 0 unspecified atom stereocenters. The van der Waals surface area contributed by atoms with Gasteiger partial charge in [-0.3, -0.25) is 14.4 Å². The van der Waals surface area contributed by atoms with Crippen molar-refractivity contribution in [1.82, 2.24) is 10.3 Å². The van der Waals surface area contributed by atoms with Gasteiger partial charge in [0.1, 0.15) is 6.04 Å². The molecular weight excluding hydrogens is 544 g/mol. The zero-order chi connectivity index (χ0) is 29.7. The lowest BCUT2D eigenvalue weighted by atomic mass is 9.95. The Morgan fingerprint density at radius 2 is 1.88 bits per heavy atom. The third kappa shape index (κ3) is 6.30. The Hall–Kier alpha value is -4.12. The van der Waals surface area contributed by atoms with Gasteiger partial charge in [0.05, 0.1) is 33.1 Å². The van der Waals surface area contributed by atoms with Crippen molar-refractivity contribution in [2.75, 3.05) is 32.0 Å². The zero-order valence-corrected chi connectivity index (χ0v) is 24.9. The van der Waals surface area contributed by atoms with Crippen molar-refractivity contribution < 1.29 is 23.8 Å². The van der Waals surface area contributed by atoms with Gasteiger partial charge in [0, 0.05) is 24.1 Å².